The predicted molar refractivity (Wildman–Crippen MR) is 62.0 cm³/mol. The fourth-order valence-corrected chi connectivity index (χ4v) is 0.946. The van der Waals surface area contributed by atoms with E-state index in [2.05, 4.69) is 0 Å². The molecule has 9 nitrogen and oxygen atoms in total. The van der Waals surface area contributed by atoms with Crippen molar-refractivity contribution in [1.29, 1.82) is 0 Å². The summed E-state index contributed by atoms with van der Waals surface area (Å²) in [5.74, 6) is -0.608. The van der Waals surface area contributed by atoms with Crippen molar-refractivity contribution in [3.8, 4) is 0 Å². The molecular formula is C8H19N2O7P. The Bertz CT molecular complexity index is 296. The second-order valence-corrected chi connectivity index (χ2v) is 4.22. The molecule has 108 valence electrons. The maximum atomic E-state index is 11.3. The quantitative estimate of drug-likeness (QED) is 0.368. The lowest BCUT2D eigenvalue weighted by molar-refractivity contribution is -0.144. The molecule has 0 unspecified atom stereocenters. The van der Waals surface area contributed by atoms with Gasteiger partial charge in [-0.25, -0.2) is 4.57 Å². The monoisotopic (exact) mass is 286 g/mol. The number of aliphatic hydroxyl groups is 1. The molecule has 10 heteroatoms. The first kappa shape index (κ1) is 19.5. The lowest BCUT2D eigenvalue weighted by Crippen LogP contribution is -2.37. The third-order valence-electron chi connectivity index (χ3n) is 1.60. The Morgan fingerprint density at radius 1 is 1.28 bits per heavy atom. The van der Waals surface area contributed by atoms with Gasteiger partial charge in [-0.1, -0.05) is 0 Å². The summed E-state index contributed by atoms with van der Waals surface area (Å²) in [5.41, 5.74) is 5.22. The van der Waals surface area contributed by atoms with Gasteiger partial charge in [0.2, 0.25) is 11.8 Å². The molecule has 0 atom stereocenters. The van der Waals surface area contributed by atoms with Gasteiger partial charge < -0.3 is 25.5 Å². The van der Waals surface area contributed by atoms with Gasteiger partial charge in [0.15, 0.2) is 0 Å². The predicted octanol–water partition coefficient (Wildman–Crippen LogP) is -1.84. The largest absolute Gasteiger partial charge is 0.466 e. The van der Waals surface area contributed by atoms with E-state index < -0.39 is 7.82 Å². The Morgan fingerprint density at radius 3 is 2.00 bits per heavy atom. The minimum absolute atomic E-state index is 0.0682. The van der Waals surface area contributed by atoms with E-state index in [9.17, 15) is 9.59 Å². The molecule has 0 aliphatic carbocycles. The van der Waals surface area contributed by atoms with E-state index in [1.54, 1.807) is 0 Å². The van der Waals surface area contributed by atoms with Gasteiger partial charge in [0, 0.05) is 13.3 Å². The molecule has 0 aliphatic heterocycles. The van der Waals surface area contributed by atoms with Gasteiger partial charge in [0.1, 0.15) is 0 Å². The molecule has 0 spiro atoms. The number of aliphatic hydroxyl groups excluding tert-OH is 1. The zero-order valence-corrected chi connectivity index (χ0v) is 10.9. The number of carbonyl (C=O) groups is 2. The van der Waals surface area contributed by atoms with Crippen LogP contribution in [0.5, 0.6) is 0 Å². The standard InChI is InChI=1S/C8H16N2O3.H3O4P/c1-7(12)10(5-6-11)8(13)3-2-4-9;1-5(2,3)4/h11H,2-6,9H2,1H3;(H3,1,2,3,4). The molecular weight excluding hydrogens is 267 g/mol. The lowest BCUT2D eigenvalue weighted by Gasteiger charge is -2.17. The highest BCUT2D eigenvalue weighted by Crippen LogP contribution is 2.25. The molecule has 0 radical (unpaired) electrons. The van der Waals surface area contributed by atoms with Gasteiger partial charge in [-0.05, 0) is 13.0 Å². The zero-order chi connectivity index (χ0) is 14.8. The summed E-state index contributed by atoms with van der Waals surface area (Å²) in [6.45, 7) is 1.60. The molecule has 0 aliphatic rings. The average Bonchev–Trinajstić information content (AvgIpc) is 2.19. The maximum absolute atomic E-state index is 11.3. The fourth-order valence-electron chi connectivity index (χ4n) is 0.946. The molecule has 0 heterocycles. The lowest BCUT2D eigenvalue weighted by atomic mass is 10.2. The zero-order valence-electron chi connectivity index (χ0n) is 10.0. The van der Waals surface area contributed by atoms with Crippen LogP contribution >= 0.6 is 7.82 Å². The smallest absolute Gasteiger partial charge is 0.395 e. The number of rotatable bonds is 5. The van der Waals surface area contributed by atoms with E-state index in [0.29, 0.717) is 13.0 Å². The van der Waals surface area contributed by atoms with E-state index >= 15 is 0 Å². The van der Waals surface area contributed by atoms with Crippen molar-refractivity contribution in [3.63, 3.8) is 0 Å². The van der Waals surface area contributed by atoms with Crippen LogP contribution in [0.25, 0.3) is 0 Å². The van der Waals surface area contributed by atoms with Gasteiger partial charge in [0.25, 0.3) is 0 Å². The first-order chi connectivity index (χ1) is 8.13. The molecule has 0 aromatic heterocycles. The van der Waals surface area contributed by atoms with Crippen LogP contribution in [-0.2, 0) is 14.2 Å². The third-order valence-corrected chi connectivity index (χ3v) is 1.60. The summed E-state index contributed by atoms with van der Waals surface area (Å²) in [5, 5.41) is 8.59. The SMILES string of the molecule is CC(=O)N(CCO)C(=O)CCCN.O=P(O)(O)O. The third kappa shape index (κ3) is 15.2. The van der Waals surface area contributed by atoms with Crippen molar-refractivity contribution in [2.75, 3.05) is 19.7 Å². The highest BCUT2D eigenvalue weighted by Gasteiger charge is 2.15. The van der Waals surface area contributed by atoms with Gasteiger partial charge in [-0.15, -0.1) is 0 Å². The first-order valence-electron chi connectivity index (χ1n) is 5.03. The van der Waals surface area contributed by atoms with Crippen molar-refractivity contribution in [2.24, 2.45) is 5.73 Å². The Labute approximate surface area is 104 Å². The number of phosphoric acid groups is 1. The highest BCUT2D eigenvalue weighted by atomic mass is 31.2. The topological polar surface area (TPSA) is 161 Å². The van der Waals surface area contributed by atoms with Gasteiger partial charge >= 0.3 is 7.82 Å². The van der Waals surface area contributed by atoms with Gasteiger partial charge in [0.05, 0.1) is 13.2 Å². The molecule has 6 N–H and O–H groups in total. The number of carbonyl (C=O) groups excluding carboxylic acids is 2. The molecule has 0 rings (SSSR count). The van der Waals surface area contributed by atoms with Gasteiger partial charge in [-0.2, -0.15) is 0 Å². The van der Waals surface area contributed by atoms with Crippen LogP contribution in [0.2, 0.25) is 0 Å². The Hall–Kier alpha value is -0.830. The number of nitrogens with two attached hydrogens (primary N) is 1. The Balaban J connectivity index is 0. The minimum Gasteiger partial charge on any atom is -0.395 e. The van der Waals surface area contributed by atoms with E-state index in [-0.39, 0.29) is 31.4 Å². The summed E-state index contributed by atoms with van der Waals surface area (Å²) in [7, 11) is -4.64. The second kappa shape index (κ2) is 10.1. The fraction of sp³-hybridized carbons (Fsp3) is 0.750. The maximum Gasteiger partial charge on any atom is 0.466 e. The summed E-state index contributed by atoms with van der Waals surface area (Å²) < 4.78 is 8.88. The van der Waals surface area contributed by atoms with Crippen LogP contribution in [0.15, 0.2) is 0 Å². The van der Waals surface area contributed by atoms with Crippen LogP contribution in [0.1, 0.15) is 19.8 Å². The average molecular weight is 286 g/mol. The number of amides is 2. The summed E-state index contributed by atoms with van der Waals surface area (Å²) in [4.78, 5) is 44.8. The second-order valence-electron chi connectivity index (χ2n) is 3.19. The van der Waals surface area contributed by atoms with E-state index in [4.69, 9.17) is 30.1 Å². The van der Waals surface area contributed by atoms with Crippen molar-refractivity contribution in [3.05, 3.63) is 0 Å². The van der Waals surface area contributed by atoms with Crippen LogP contribution in [-0.4, -0.2) is 56.2 Å². The van der Waals surface area contributed by atoms with Crippen LogP contribution in [0.4, 0.5) is 0 Å². The summed E-state index contributed by atoms with van der Waals surface area (Å²) in [6.07, 6.45) is 0.824. The van der Waals surface area contributed by atoms with Crippen molar-refractivity contribution in [2.45, 2.75) is 19.8 Å². The van der Waals surface area contributed by atoms with Crippen LogP contribution in [0.3, 0.4) is 0 Å². The van der Waals surface area contributed by atoms with Crippen LogP contribution < -0.4 is 5.73 Å². The Morgan fingerprint density at radius 2 is 1.72 bits per heavy atom. The molecule has 0 fully saturated rings. The van der Waals surface area contributed by atoms with E-state index in [1.165, 1.54) is 6.92 Å². The normalized spacial score (nSPS) is 10.3. The molecule has 18 heavy (non-hydrogen) atoms. The summed E-state index contributed by atoms with van der Waals surface area (Å²) >= 11 is 0. The number of hydrogen-bond donors (Lipinski definition) is 5. The minimum atomic E-state index is -4.64. The van der Waals surface area contributed by atoms with Crippen molar-refractivity contribution >= 4 is 19.6 Å². The molecule has 0 aromatic carbocycles. The molecule has 0 aromatic rings. The molecule has 0 saturated heterocycles. The number of hydrogen-bond acceptors (Lipinski definition) is 5. The van der Waals surface area contributed by atoms with Crippen molar-refractivity contribution < 1.29 is 33.9 Å². The van der Waals surface area contributed by atoms with Crippen molar-refractivity contribution in [1.82, 2.24) is 4.90 Å². The summed E-state index contributed by atoms with van der Waals surface area (Å²) in [6, 6.07) is 0. The van der Waals surface area contributed by atoms with Crippen LogP contribution in [0, 0.1) is 0 Å². The number of imide groups is 1. The Kier molecular flexibility index (Phi) is 11.0. The van der Waals surface area contributed by atoms with E-state index in [1.807, 2.05) is 0 Å². The first-order valence-corrected chi connectivity index (χ1v) is 6.60. The molecule has 0 bridgehead atoms. The number of nitrogens with zero attached hydrogens (tertiary/aromatic N) is 1. The highest BCUT2D eigenvalue weighted by molar-refractivity contribution is 7.45. The molecule has 0 saturated carbocycles. The molecule has 2 amide bonds. The van der Waals surface area contributed by atoms with E-state index in [0.717, 1.165) is 4.90 Å². The van der Waals surface area contributed by atoms with Gasteiger partial charge in [-0.3, -0.25) is 14.5 Å².